The van der Waals surface area contributed by atoms with Crippen molar-refractivity contribution >= 4 is 16.5 Å². The molecule has 6 heteroatoms. The quantitative estimate of drug-likeness (QED) is 0.688. The summed E-state index contributed by atoms with van der Waals surface area (Å²) in [6.45, 7) is 5.19. The lowest BCUT2D eigenvalue weighted by Gasteiger charge is -2.23. The summed E-state index contributed by atoms with van der Waals surface area (Å²) in [6.07, 6.45) is 0. The molecule has 104 valence electrons. The predicted octanol–water partition coefficient (Wildman–Crippen LogP) is 1.35. The Balaban J connectivity index is 2.41. The van der Waals surface area contributed by atoms with E-state index >= 15 is 0 Å². The Kier molecular flexibility index (Phi) is 7.19. The molecule has 0 bridgehead atoms. The van der Waals surface area contributed by atoms with E-state index in [1.807, 2.05) is 7.05 Å². The first-order valence-electron chi connectivity index (χ1n) is 6.04. The summed E-state index contributed by atoms with van der Waals surface area (Å²) in [6, 6.07) is 0.329. The molecule has 0 saturated carbocycles. The number of likely N-dealkylation sites (N-methyl/N-ethyl adjacent to an activating group) is 1. The molecule has 0 fully saturated rings. The number of rotatable bonds is 9. The molecular weight excluding hydrogens is 250 g/mol. The Bertz CT molecular complexity index is 333. The van der Waals surface area contributed by atoms with Gasteiger partial charge in [-0.2, -0.15) is 0 Å². The molecule has 18 heavy (non-hydrogen) atoms. The van der Waals surface area contributed by atoms with Crippen LogP contribution >= 0.6 is 11.3 Å². The first-order chi connectivity index (χ1) is 8.69. The number of thiazole rings is 1. The van der Waals surface area contributed by atoms with Gasteiger partial charge in [-0.25, -0.2) is 4.98 Å². The fourth-order valence-electron chi connectivity index (χ4n) is 1.47. The largest absolute Gasteiger partial charge is 0.383 e. The van der Waals surface area contributed by atoms with Crippen molar-refractivity contribution in [1.29, 1.82) is 0 Å². The van der Waals surface area contributed by atoms with Crippen LogP contribution in [0.3, 0.4) is 0 Å². The Morgan fingerprint density at radius 1 is 1.44 bits per heavy atom. The molecule has 1 heterocycles. The summed E-state index contributed by atoms with van der Waals surface area (Å²) in [5.74, 6) is 0. The maximum atomic E-state index is 5.15. The fourth-order valence-corrected chi connectivity index (χ4v) is 2.37. The van der Waals surface area contributed by atoms with Crippen LogP contribution in [0.1, 0.15) is 12.6 Å². The molecule has 0 spiro atoms. The summed E-state index contributed by atoms with van der Waals surface area (Å²) in [5.41, 5.74) is 1.07. The van der Waals surface area contributed by atoms with Gasteiger partial charge in [0.05, 0.1) is 24.9 Å². The van der Waals surface area contributed by atoms with Gasteiger partial charge in [0.25, 0.3) is 0 Å². The average molecular weight is 273 g/mol. The van der Waals surface area contributed by atoms with Crippen molar-refractivity contribution < 1.29 is 9.47 Å². The maximum absolute atomic E-state index is 5.15. The second-order valence-corrected chi connectivity index (χ2v) is 5.04. The van der Waals surface area contributed by atoms with E-state index in [1.165, 1.54) is 0 Å². The molecule has 0 aliphatic heterocycles. The summed E-state index contributed by atoms with van der Waals surface area (Å²) in [4.78, 5) is 6.74. The number of anilines is 1. The maximum Gasteiger partial charge on any atom is 0.185 e. The van der Waals surface area contributed by atoms with Crippen LogP contribution < -0.4 is 10.2 Å². The number of nitrogens with one attached hydrogen (secondary N) is 1. The van der Waals surface area contributed by atoms with E-state index in [2.05, 4.69) is 27.5 Å². The molecule has 0 aliphatic carbocycles. The number of aromatic nitrogens is 1. The highest BCUT2D eigenvalue weighted by atomic mass is 32.1. The Morgan fingerprint density at radius 2 is 2.22 bits per heavy atom. The second-order valence-electron chi connectivity index (χ2n) is 4.21. The minimum Gasteiger partial charge on any atom is -0.383 e. The van der Waals surface area contributed by atoms with E-state index in [1.54, 1.807) is 25.6 Å². The highest BCUT2D eigenvalue weighted by Crippen LogP contribution is 2.21. The summed E-state index contributed by atoms with van der Waals surface area (Å²) >= 11 is 1.66. The standard InChI is InChI=1S/C12H23N3O2S/c1-10(8-17-4)15(2)12-14-11(9-18-12)7-13-5-6-16-3/h9-10,13H,5-8H2,1-4H3. The van der Waals surface area contributed by atoms with Crippen LogP contribution in [0.2, 0.25) is 0 Å². The van der Waals surface area contributed by atoms with Gasteiger partial charge in [-0.05, 0) is 6.92 Å². The van der Waals surface area contributed by atoms with Crippen LogP contribution in [-0.2, 0) is 16.0 Å². The number of hydrogen-bond acceptors (Lipinski definition) is 6. The van der Waals surface area contributed by atoms with Gasteiger partial charge in [-0.3, -0.25) is 0 Å². The summed E-state index contributed by atoms with van der Waals surface area (Å²) < 4.78 is 10.1. The number of nitrogens with zero attached hydrogens (tertiary/aromatic N) is 2. The zero-order valence-corrected chi connectivity index (χ0v) is 12.4. The normalized spacial score (nSPS) is 12.7. The van der Waals surface area contributed by atoms with Crippen LogP contribution in [0.25, 0.3) is 0 Å². The number of methoxy groups -OCH3 is 2. The van der Waals surface area contributed by atoms with E-state index in [0.717, 1.165) is 30.5 Å². The van der Waals surface area contributed by atoms with Gasteiger partial charge in [-0.15, -0.1) is 11.3 Å². The Labute approximate surface area is 113 Å². The monoisotopic (exact) mass is 273 g/mol. The molecule has 1 aromatic heterocycles. The fraction of sp³-hybridized carbons (Fsp3) is 0.750. The van der Waals surface area contributed by atoms with Crippen molar-refractivity contribution in [3.63, 3.8) is 0 Å². The van der Waals surface area contributed by atoms with Gasteiger partial charge >= 0.3 is 0 Å². The van der Waals surface area contributed by atoms with E-state index in [0.29, 0.717) is 12.6 Å². The molecule has 0 saturated heterocycles. The van der Waals surface area contributed by atoms with Gasteiger partial charge in [0.1, 0.15) is 0 Å². The van der Waals surface area contributed by atoms with Crippen molar-refractivity contribution in [3.8, 4) is 0 Å². The molecular formula is C12H23N3O2S. The van der Waals surface area contributed by atoms with E-state index in [-0.39, 0.29) is 0 Å². The highest BCUT2D eigenvalue weighted by molar-refractivity contribution is 7.13. The minimum absolute atomic E-state index is 0.329. The van der Waals surface area contributed by atoms with Crippen LogP contribution in [0, 0.1) is 0 Å². The van der Waals surface area contributed by atoms with E-state index in [4.69, 9.17) is 9.47 Å². The molecule has 1 rings (SSSR count). The highest BCUT2D eigenvalue weighted by Gasteiger charge is 2.13. The molecule has 0 aliphatic rings. The summed E-state index contributed by atoms with van der Waals surface area (Å²) in [7, 11) is 5.47. The minimum atomic E-state index is 0.329. The molecule has 0 amide bonds. The van der Waals surface area contributed by atoms with Crippen LogP contribution in [0.15, 0.2) is 5.38 Å². The lowest BCUT2D eigenvalue weighted by Crippen LogP contribution is -2.32. The van der Waals surface area contributed by atoms with Crippen LogP contribution in [0.4, 0.5) is 5.13 Å². The summed E-state index contributed by atoms with van der Waals surface area (Å²) in [5, 5.41) is 6.40. The molecule has 0 aromatic carbocycles. The van der Waals surface area contributed by atoms with Crippen LogP contribution in [-0.4, -0.2) is 52.1 Å². The van der Waals surface area contributed by atoms with Gasteiger partial charge < -0.3 is 19.7 Å². The van der Waals surface area contributed by atoms with Crippen LogP contribution in [0.5, 0.6) is 0 Å². The number of hydrogen-bond donors (Lipinski definition) is 1. The van der Waals surface area contributed by atoms with Crippen molar-refractivity contribution in [1.82, 2.24) is 10.3 Å². The first-order valence-corrected chi connectivity index (χ1v) is 6.92. The first kappa shape index (κ1) is 15.4. The smallest absolute Gasteiger partial charge is 0.185 e. The van der Waals surface area contributed by atoms with Gasteiger partial charge in [0.2, 0.25) is 0 Å². The Morgan fingerprint density at radius 3 is 2.89 bits per heavy atom. The molecule has 1 unspecified atom stereocenters. The second kappa shape index (κ2) is 8.42. The lowest BCUT2D eigenvalue weighted by atomic mass is 10.3. The zero-order valence-electron chi connectivity index (χ0n) is 11.6. The van der Waals surface area contributed by atoms with Crippen molar-refractivity contribution in [2.75, 3.05) is 45.9 Å². The molecule has 0 radical (unpaired) electrons. The van der Waals surface area contributed by atoms with E-state index < -0.39 is 0 Å². The third-order valence-corrected chi connectivity index (χ3v) is 3.68. The molecule has 1 N–H and O–H groups in total. The van der Waals surface area contributed by atoms with Crippen molar-refractivity contribution in [3.05, 3.63) is 11.1 Å². The predicted molar refractivity (Wildman–Crippen MR) is 75.4 cm³/mol. The third kappa shape index (κ3) is 4.89. The molecule has 1 atom stereocenters. The van der Waals surface area contributed by atoms with E-state index in [9.17, 15) is 0 Å². The SMILES string of the molecule is COCCNCc1csc(N(C)C(C)COC)n1. The third-order valence-electron chi connectivity index (χ3n) is 2.70. The lowest BCUT2D eigenvalue weighted by molar-refractivity contribution is 0.183. The Hall–Kier alpha value is -0.690. The topological polar surface area (TPSA) is 46.6 Å². The van der Waals surface area contributed by atoms with Gasteiger partial charge in [-0.1, -0.05) is 0 Å². The average Bonchev–Trinajstić information content (AvgIpc) is 2.83. The van der Waals surface area contributed by atoms with Gasteiger partial charge in [0, 0.05) is 39.7 Å². The molecule has 5 nitrogen and oxygen atoms in total. The molecule has 1 aromatic rings. The van der Waals surface area contributed by atoms with Crippen molar-refractivity contribution in [2.45, 2.75) is 19.5 Å². The van der Waals surface area contributed by atoms with Gasteiger partial charge in [0.15, 0.2) is 5.13 Å². The number of ether oxygens (including phenoxy) is 2. The van der Waals surface area contributed by atoms with Crippen molar-refractivity contribution in [2.24, 2.45) is 0 Å². The zero-order chi connectivity index (χ0) is 13.4.